The molecule has 0 radical (unpaired) electrons. The molecule has 24 heavy (non-hydrogen) atoms. The number of esters is 2. The Kier molecular flexibility index (Phi) is 4.77. The van der Waals surface area contributed by atoms with Gasteiger partial charge in [-0.1, -0.05) is 31.8 Å². The van der Waals surface area contributed by atoms with Crippen molar-refractivity contribution in [1.29, 1.82) is 0 Å². The minimum Gasteiger partial charge on any atom is -0.508 e. The minimum atomic E-state index is -1.73. The smallest absolute Gasteiger partial charge is 0.325 e. The van der Waals surface area contributed by atoms with Crippen LogP contribution in [0.1, 0.15) is 25.3 Å². The van der Waals surface area contributed by atoms with Crippen molar-refractivity contribution < 1.29 is 24.2 Å². The summed E-state index contributed by atoms with van der Waals surface area (Å²) in [5.74, 6) is -1.37. The van der Waals surface area contributed by atoms with Gasteiger partial charge in [-0.25, -0.2) is 0 Å². The van der Waals surface area contributed by atoms with E-state index < -0.39 is 37.6 Å². The lowest BCUT2D eigenvalue weighted by Crippen LogP contribution is -2.48. The van der Waals surface area contributed by atoms with Crippen molar-refractivity contribution in [1.82, 2.24) is 0 Å². The van der Waals surface area contributed by atoms with Gasteiger partial charge in [0.15, 0.2) is 5.92 Å². The predicted molar refractivity (Wildman–Crippen MR) is 91.7 cm³/mol. The van der Waals surface area contributed by atoms with Gasteiger partial charge in [0, 0.05) is 13.8 Å². The van der Waals surface area contributed by atoms with E-state index in [1.165, 1.54) is 26.0 Å². The quantitative estimate of drug-likeness (QED) is 0.386. The third-order valence-corrected chi connectivity index (χ3v) is 4.26. The Hall–Kier alpha value is -2.26. The van der Waals surface area contributed by atoms with E-state index in [2.05, 4.69) is 31.1 Å². The highest BCUT2D eigenvalue weighted by Gasteiger charge is 2.47. The second-order valence-corrected chi connectivity index (χ2v) is 12.1. The number of carbonyl (C=O) groups excluding carboxylic acids is 2. The Labute approximate surface area is 143 Å². The Morgan fingerprint density at radius 3 is 2.25 bits per heavy atom. The second kappa shape index (κ2) is 6.33. The Morgan fingerprint density at radius 2 is 1.75 bits per heavy atom. The van der Waals surface area contributed by atoms with Gasteiger partial charge >= 0.3 is 11.9 Å². The summed E-state index contributed by atoms with van der Waals surface area (Å²) in [6, 6.07) is 6.40. The van der Waals surface area contributed by atoms with Crippen LogP contribution in [0.3, 0.4) is 0 Å². The lowest BCUT2D eigenvalue weighted by molar-refractivity contribution is -0.240. The van der Waals surface area contributed by atoms with Crippen LogP contribution in [0, 0.1) is 17.4 Å². The van der Waals surface area contributed by atoms with Crippen molar-refractivity contribution in [2.45, 2.75) is 45.2 Å². The molecule has 0 aromatic heterocycles. The van der Waals surface area contributed by atoms with Gasteiger partial charge in [-0.05, 0) is 17.7 Å². The van der Waals surface area contributed by atoms with Gasteiger partial charge in [-0.2, -0.15) is 0 Å². The van der Waals surface area contributed by atoms with E-state index in [0.29, 0.717) is 5.56 Å². The van der Waals surface area contributed by atoms with Crippen LogP contribution in [0.2, 0.25) is 19.6 Å². The maximum Gasteiger partial charge on any atom is 0.325 e. The number of aromatic hydroxyl groups is 1. The molecule has 1 atom stereocenters. The molecular weight excluding hydrogens is 324 g/mol. The van der Waals surface area contributed by atoms with Crippen LogP contribution >= 0.6 is 0 Å². The van der Waals surface area contributed by atoms with E-state index in [4.69, 9.17) is 9.47 Å². The molecule has 0 spiro atoms. The first-order chi connectivity index (χ1) is 11.0. The molecule has 0 bridgehead atoms. The number of hydrogen-bond donors (Lipinski definition) is 1. The fourth-order valence-electron chi connectivity index (χ4n) is 2.37. The topological polar surface area (TPSA) is 72.8 Å². The Morgan fingerprint density at radius 1 is 1.17 bits per heavy atom. The number of phenols is 1. The summed E-state index contributed by atoms with van der Waals surface area (Å²) in [4.78, 5) is 24.8. The molecule has 1 heterocycles. The van der Waals surface area contributed by atoms with E-state index in [1.54, 1.807) is 12.1 Å². The lowest BCUT2D eigenvalue weighted by atomic mass is 9.86. The average molecular weight is 346 g/mol. The summed E-state index contributed by atoms with van der Waals surface area (Å²) in [5, 5.41) is 9.73. The van der Waals surface area contributed by atoms with E-state index in [0.717, 1.165) is 0 Å². The average Bonchev–Trinajstić information content (AvgIpc) is 2.39. The Balaban J connectivity index is 2.48. The highest BCUT2D eigenvalue weighted by atomic mass is 28.3. The van der Waals surface area contributed by atoms with Gasteiger partial charge in [0.05, 0.1) is 5.92 Å². The first kappa shape index (κ1) is 18.1. The molecule has 5 nitrogen and oxygen atoms in total. The SMILES string of the molecule is CC1(C)OC(=O)C([C@@H](C#C[Si](C)(C)C)c2cccc(O)c2)C(=O)O1. The predicted octanol–water partition coefficient (Wildman–Crippen LogP) is 2.81. The van der Waals surface area contributed by atoms with Crippen LogP contribution in [-0.4, -0.2) is 30.9 Å². The first-order valence-electron chi connectivity index (χ1n) is 7.76. The van der Waals surface area contributed by atoms with Crippen molar-refractivity contribution in [3.63, 3.8) is 0 Å². The molecule has 1 aromatic rings. The molecule has 1 aromatic carbocycles. The van der Waals surface area contributed by atoms with Crippen LogP contribution < -0.4 is 0 Å². The number of carbonyl (C=O) groups is 2. The third-order valence-electron chi connectivity index (χ3n) is 3.37. The molecule has 0 saturated carbocycles. The molecule has 1 aliphatic rings. The zero-order valence-electron chi connectivity index (χ0n) is 14.5. The maximum absolute atomic E-state index is 12.4. The second-order valence-electron chi connectivity index (χ2n) is 7.31. The van der Waals surface area contributed by atoms with Crippen molar-refractivity contribution in [2.75, 3.05) is 0 Å². The van der Waals surface area contributed by atoms with Gasteiger partial charge in [-0.15, -0.1) is 11.5 Å². The fraction of sp³-hybridized carbons (Fsp3) is 0.444. The number of hydrogen-bond acceptors (Lipinski definition) is 5. The molecule has 6 heteroatoms. The van der Waals surface area contributed by atoms with Crippen LogP contribution in [-0.2, 0) is 19.1 Å². The number of ether oxygens (including phenoxy) is 2. The zero-order chi connectivity index (χ0) is 18.1. The monoisotopic (exact) mass is 346 g/mol. The largest absolute Gasteiger partial charge is 0.508 e. The van der Waals surface area contributed by atoms with Gasteiger partial charge in [0.2, 0.25) is 0 Å². The molecule has 128 valence electrons. The number of cyclic esters (lactones) is 2. The molecule has 0 aliphatic carbocycles. The summed E-state index contributed by atoms with van der Waals surface area (Å²) in [6.07, 6.45) is 0. The van der Waals surface area contributed by atoms with E-state index in [-0.39, 0.29) is 5.75 Å². The van der Waals surface area contributed by atoms with Gasteiger partial charge in [0.1, 0.15) is 13.8 Å². The van der Waals surface area contributed by atoms with Crippen LogP contribution in [0.4, 0.5) is 0 Å². The highest BCUT2D eigenvalue weighted by molar-refractivity contribution is 6.83. The molecule has 0 amide bonds. The summed E-state index contributed by atoms with van der Waals surface area (Å²) >= 11 is 0. The minimum absolute atomic E-state index is 0.0465. The number of rotatable bonds is 2. The van der Waals surface area contributed by atoms with E-state index in [1.807, 2.05) is 0 Å². The molecule has 1 aliphatic heterocycles. The normalized spacial score (nSPS) is 18.9. The van der Waals surface area contributed by atoms with Crippen LogP contribution in [0.25, 0.3) is 0 Å². The molecular formula is C18H22O5Si. The number of phenolic OH excluding ortho intramolecular Hbond substituents is 1. The fourth-order valence-corrected chi connectivity index (χ4v) is 2.96. The summed E-state index contributed by atoms with van der Waals surface area (Å²) in [6.45, 7) is 9.23. The van der Waals surface area contributed by atoms with Crippen molar-refractivity contribution >= 4 is 20.0 Å². The standard InChI is InChI=1S/C18H22O5Si/c1-18(2)22-16(20)15(17(21)23-18)14(9-10-24(3,4)5)12-7-6-8-13(19)11-12/h6-8,11,14-15,19H,1-5H3/t14-/m0/s1. The van der Waals surface area contributed by atoms with Gasteiger partial charge < -0.3 is 14.6 Å². The highest BCUT2D eigenvalue weighted by Crippen LogP contribution is 2.34. The maximum atomic E-state index is 12.4. The molecule has 1 N–H and O–H groups in total. The zero-order valence-corrected chi connectivity index (χ0v) is 15.5. The van der Waals surface area contributed by atoms with Gasteiger partial charge in [-0.3, -0.25) is 9.59 Å². The van der Waals surface area contributed by atoms with Crippen molar-refractivity contribution in [3.05, 3.63) is 29.8 Å². The molecule has 0 unspecified atom stereocenters. The van der Waals surface area contributed by atoms with Crippen molar-refractivity contribution in [3.8, 4) is 17.2 Å². The summed E-state index contributed by atoms with van der Waals surface area (Å²) in [7, 11) is -1.73. The summed E-state index contributed by atoms with van der Waals surface area (Å²) < 4.78 is 10.4. The number of benzene rings is 1. The van der Waals surface area contributed by atoms with Gasteiger partial charge in [0.25, 0.3) is 5.79 Å². The summed E-state index contributed by atoms with van der Waals surface area (Å²) in [5.41, 5.74) is 3.77. The van der Waals surface area contributed by atoms with Crippen LogP contribution in [0.5, 0.6) is 5.75 Å². The molecule has 1 fully saturated rings. The lowest BCUT2D eigenvalue weighted by Gasteiger charge is -2.34. The Bertz CT molecular complexity index is 701. The van der Waals surface area contributed by atoms with E-state index in [9.17, 15) is 14.7 Å². The first-order valence-corrected chi connectivity index (χ1v) is 11.3. The van der Waals surface area contributed by atoms with Crippen molar-refractivity contribution in [2.24, 2.45) is 5.92 Å². The third kappa shape index (κ3) is 4.39. The molecule has 2 rings (SSSR count). The van der Waals surface area contributed by atoms with E-state index >= 15 is 0 Å². The molecule has 1 saturated heterocycles. The van der Waals surface area contributed by atoms with Crippen LogP contribution in [0.15, 0.2) is 24.3 Å².